The van der Waals surface area contributed by atoms with Crippen LogP contribution in [0.3, 0.4) is 0 Å². The molecule has 0 aliphatic carbocycles. The summed E-state index contributed by atoms with van der Waals surface area (Å²) in [6, 6.07) is 9.15. The highest BCUT2D eigenvalue weighted by Gasteiger charge is 2.11. The first kappa shape index (κ1) is 16.1. The van der Waals surface area contributed by atoms with Crippen molar-refractivity contribution in [2.45, 2.75) is 6.42 Å². The van der Waals surface area contributed by atoms with Crippen LogP contribution in [0.25, 0.3) is 0 Å². The maximum atomic E-state index is 11.8. The van der Waals surface area contributed by atoms with Crippen LogP contribution < -0.4 is 5.32 Å². The van der Waals surface area contributed by atoms with Crippen LogP contribution in [0.1, 0.15) is 6.42 Å². The van der Waals surface area contributed by atoms with E-state index in [9.17, 15) is 9.59 Å². The van der Waals surface area contributed by atoms with Crippen molar-refractivity contribution in [1.82, 2.24) is 4.90 Å². The Balaban J connectivity index is 2.37. The number of methoxy groups -OCH3 is 1. The van der Waals surface area contributed by atoms with Crippen LogP contribution in [0.5, 0.6) is 0 Å². The lowest BCUT2D eigenvalue weighted by Crippen LogP contribution is -2.35. The van der Waals surface area contributed by atoms with Gasteiger partial charge in [0.2, 0.25) is 5.91 Å². The molecule has 0 aromatic heterocycles. The zero-order valence-corrected chi connectivity index (χ0v) is 11.5. The normalized spacial score (nSPS) is 10.5. The van der Waals surface area contributed by atoms with Crippen molar-refractivity contribution >= 4 is 17.6 Å². The van der Waals surface area contributed by atoms with Crippen molar-refractivity contribution in [3.8, 4) is 0 Å². The van der Waals surface area contributed by atoms with Crippen LogP contribution in [0, 0.1) is 0 Å². The van der Waals surface area contributed by atoms with Gasteiger partial charge in [0.15, 0.2) is 0 Å². The molecule has 20 heavy (non-hydrogen) atoms. The third-order valence-electron chi connectivity index (χ3n) is 2.68. The molecule has 0 saturated heterocycles. The third-order valence-corrected chi connectivity index (χ3v) is 2.68. The molecule has 0 saturated carbocycles. The number of rotatable bonds is 9. The molecule has 2 N–H and O–H groups in total. The molecule has 1 aromatic carbocycles. The van der Waals surface area contributed by atoms with Gasteiger partial charge in [0, 0.05) is 32.3 Å². The Morgan fingerprint density at radius 2 is 1.95 bits per heavy atom. The first-order valence-electron chi connectivity index (χ1n) is 6.40. The van der Waals surface area contributed by atoms with Crippen molar-refractivity contribution in [3.05, 3.63) is 30.3 Å². The third kappa shape index (κ3) is 6.86. The number of carbonyl (C=O) groups is 2. The van der Waals surface area contributed by atoms with Gasteiger partial charge in [-0.15, -0.1) is 0 Å². The summed E-state index contributed by atoms with van der Waals surface area (Å²) in [5, 5.41) is 11.6. The molecule has 110 valence electrons. The van der Waals surface area contributed by atoms with Crippen molar-refractivity contribution in [1.29, 1.82) is 0 Å². The van der Waals surface area contributed by atoms with E-state index in [1.807, 2.05) is 18.2 Å². The molecule has 0 fully saturated rings. The summed E-state index contributed by atoms with van der Waals surface area (Å²) in [7, 11) is 1.56. The average molecular weight is 280 g/mol. The number of carboxylic acids is 1. The van der Waals surface area contributed by atoms with E-state index in [4.69, 9.17) is 9.84 Å². The number of nitrogens with zero attached hydrogens (tertiary/aromatic N) is 1. The zero-order chi connectivity index (χ0) is 14.8. The van der Waals surface area contributed by atoms with Crippen molar-refractivity contribution in [3.63, 3.8) is 0 Å². The van der Waals surface area contributed by atoms with E-state index in [1.165, 1.54) is 0 Å². The number of para-hydroxylation sites is 1. The van der Waals surface area contributed by atoms with Gasteiger partial charge in [0.25, 0.3) is 0 Å². The second-order valence-electron chi connectivity index (χ2n) is 4.33. The van der Waals surface area contributed by atoms with Crippen molar-refractivity contribution in [2.24, 2.45) is 0 Å². The van der Waals surface area contributed by atoms with Gasteiger partial charge in [-0.1, -0.05) is 18.2 Å². The van der Waals surface area contributed by atoms with E-state index in [1.54, 1.807) is 24.1 Å². The van der Waals surface area contributed by atoms with Gasteiger partial charge in [-0.2, -0.15) is 0 Å². The summed E-state index contributed by atoms with van der Waals surface area (Å²) in [6.45, 7) is 1.21. The van der Waals surface area contributed by atoms with Crippen LogP contribution in [-0.2, 0) is 14.3 Å². The van der Waals surface area contributed by atoms with E-state index >= 15 is 0 Å². The molecular formula is C14H20N2O4. The number of hydrogen-bond donors (Lipinski definition) is 2. The molecule has 0 spiro atoms. The lowest BCUT2D eigenvalue weighted by molar-refractivity contribution is -0.138. The van der Waals surface area contributed by atoms with Crippen LogP contribution in [0.15, 0.2) is 30.3 Å². The molecule has 0 bridgehead atoms. The van der Waals surface area contributed by atoms with Gasteiger partial charge < -0.3 is 15.2 Å². The van der Waals surface area contributed by atoms with Gasteiger partial charge in [-0.05, 0) is 12.1 Å². The Morgan fingerprint density at radius 3 is 2.55 bits per heavy atom. The van der Waals surface area contributed by atoms with Gasteiger partial charge >= 0.3 is 5.97 Å². The maximum Gasteiger partial charge on any atom is 0.317 e. The Labute approximate surface area is 118 Å². The molecule has 6 heteroatoms. The Bertz CT molecular complexity index is 422. The van der Waals surface area contributed by atoms with Gasteiger partial charge in [0.05, 0.1) is 13.2 Å². The number of carbonyl (C=O) groups excluding carboxylic acids is 1. The summed E-state index contributed by atoms with van der Waals surface area (Å²) in [4.78, 5) is 24.2. The lowest BCUT2D eigenvalue weighted by atomic mass is 10.3. The van der Waals surface area contributed by atoms with Crippen LogP contribution in [-0.4, -0.2) is 55.2 Å². The molecule has 0 radical (unpaired) electrons. The molecule has 1 aromatic rings. The average Bonchev–Trinajstić information content (AvgIpc) is 2.42. The second-order valence-corrected chi connectivity index (χ2v) is 4.33. The highest BCUT2D eigenvalue weighted by atomic mass is 16.5. The lowest BCUT2D eigenvalue weighted by Gasteiger charge is -2.19. The number of nitrogens with one attached hydrogen (secondary N) is 1. The monoisotopic (exact) mass is 280 g/mol. The molecule has 0 aliphatic rings. The summed E-state index contributed by atoms with van der Waals surface area (Å²) >= 11 is 0. The number of carboxylic acid groups (broad SMARTS) is 1. The molecule has 0 heterocycles. The number of anilines is 1. The minimum Gasteiger partial charge on any atom is -0.480 e. The number of aliphatic carboxylic acids is 1. The standard InChI is InChI=1S/C14H20N2O4/c1-20-10-9-16(11-14(18)19)8-7-13(17)15-12-5-3-2-4-6-12/h2-6H,7-11H2,1H3,(H,15,17)(H,18,19). The zero-order valence-electron chi connectivity index (χ0n) is 11.5. The van der Waals surface area contributed by atoms with E-state index in [0.29, 0.717) is 19.7 Å². The molecular weight excluding hydrogens is 260 g/mol. The summed E-state index contributed by atoms with van der Waals surface area (Å²) in [6.07, 6.45) is 0.242. The van der Waals surface area contributed by atoms with E-state index in [0.717, 1.165) is 5.69 Å². The van der Waals surface area contributed by atoms with Gasteiger partial charge in [-0.3, -0.25) is 14.5 Å². The topological polar surface area (TPSA) is 78.9 Å². The quantitative estimate of drug-likeness (QED) is 0.707. The smallest absolute Gasteiger partial charge is 0.317 e. The van der Waals surface area contributed by atoms with Crippen LogP contribution in [0.4, 0.5) is 5.69 Å². The minimum atomic E-state index is -0.912. The second kappa shape index (κ2) is 9.06. The number of benzene rings is 1. The van der Waals surface area contributed by atoms with Crippen LogP contribution >= 0.6 is 0 Å². The van der Waals surface area contributed by atoms with Gasteiger partial charge in [0.1, 0.15) is 0 Å². The van der Waals surface area contributed by atoms with Crippen molar-refractivity contribution in [2.75, 3.05) is 38.7 Å². The van der Waals surface area contributed by atoms with Crippen molar-refractivity contribution < 1.29 is 19.4 Å². The van der Waals surface area contributed by atoms with Crippen LogP contribution in [0.2, 0.25) is 0 Å². The fourth-order valence-corrected chi connectivity index (χ4v) is 1.69. The molecule has 6 nitrogen and oxygen atoms in total. The van der Waals surface area contributed by atoms with E-state index in [2.05, 4.69) is 5.32 Å². The Morgan fingerprint density at radius 1 is 1.25 bits per heavy atom. The summed E-state index contributed by atoms with van der Waals surface area (Å²) < 4.78 is 4.92. The van der Waals surface area contributed by atoms with E-state index < -0.39 is 5.97 Å². The molecule has 0 aliphatic heterocycles. The Kier molecular flexibility index (Phi) is 7.31. The molecule has 0 unspecified atom stereocenters. The molecule has 1 amide bonds. The maximum absolute atomic E-state index is 11.8. The first-order valence-corrected chi connectivity index (χ1v) is 6.40. The predicted octanol–water partition coefficient (Wildman–Crippen LogP) is 1.05. The predicted molar refractivity (Wildman–Crippen MR) is 75.6 cm³/mol. The SMILES string of the molecule is COCCN(CCC(=O)Nc1ccccc1)CC(=O)O. The first-order chi connectivity index (χ1) is 9.61. The summed E-state index contributed by atoms with van der Waals surface area (Å²) in [5.41, 5.74) is 0.735. The number of ether oxygens (including phenoxy) is 1. The molecule has 1 rings (SSSR count). The fraction of sp³-hybridized carbons (Fsp3) is 0.429. The summed E-state index contributed by atoms with van der Waals surface area (Å²) in [5.74, 6) is -1.05. The van der Waals surface area contributed by atoms with E-state index in [-0.39, 0.29) is 18.9 Å². The minimum absolute atomic E-state index is 0.0953. The van der Waals surface area contributed by atoms with Gasteiger partial charge in [-0.25, -0.2) is 0 Å². The number of hydrogen-bond acceptors (Lipinski definition) is 4. The highest BCUT2D eigenvalue weighted by Crippen LogP contribution is 2.05. The Hall–Kier alpha value is -1.92. The highest BCUT2D eigenvalue weighted by molar-refractivity contribution is 5.90. The molecule has 0 atom stereocenters. The largest absolute Gasteiger partial charge is 0.480 e. The number of amides is 1. The fourth-order valence-electron chi connectivity index (χ4n) is 1.69.